The van der Waals surface area contributed by atoms with E-state index in [-0.39, 0.29) is 17.8 Å². The smallest absolute Gasteiger partial charge is 0.315 e. The molecule has 4 rings (SSSR count). The lowest BCUT2D eigenvalue weighted by molar-refractivity contribution is -0.915. The SMILES string of the molecule is CC.CCCCCCCCC(C)(C)C(=O)OC[N+]1(C)CC2c3ccccc3Oc3ccc(Cl)cc3C2C1. The zero-order valence-corrected chi connectivity index (χ0v) is 24.6. The largest absolute Gasteiger partial charge is 0.457 e. The Morgan fingerprint density at radius 2 is 1.59 bits per heavy atom. The number of carbonyl (C=O) groups is 1. The minimum absolute atomic E-state index is 0.0790. The van der Waals surface area contributed by atoms with Crippen molar-refractivity contribution < 1.29 is 18.8 Å². The van der Waals surface area contributed by atoms with Gasteiger partial charge in [0.15, 0.2) is 0 Å². The van der Waals surface area contributed by atoms with Crippen LogP contribution in [0.25, 0.3) is 0 Å². The first-order valence-corrected chi connectivity index (χ1v) is 14.7. The van der Waals surface area contributed by atoms with Gasteiger partial charge in [-0.25, -0.2) is 0 Å². The maximum absolute atomic E-state index is 13.1. The van der Waals surface area contributed by atoms with Gasteiger partial charge in [-0.1, -0.05) is 89.1 Å². The number of unbranched alkanes of at least 4 members (excludes halogenated alkanes) is 5. The predicted octanol–water partition coefficient (Wildman–Crippen LogP) is 9.08. The molecule has 0 saturated carbocycles. The molecule has 3 unspecified atom stereocenters. The second-order valence-electron chi connectivity index (χ2n) is 11.5. The molecule has 0 bridgehead atoms. The van der Waals surface area contributed by atoms with Crippen LogP contribution in [-0.2, 0) is 9.53 Å². The highest BCUT2D eigenvalue weighted by atomic mass is 35.5. The van der Waals surface area contributed by atoms with Crippen LogP contribution in [0, 0.1) is 5.41 Å². The van der Waals surface area contributed by atoms with E-state index in [2.05, 4.69) is 26.1 Å². The van der Waals surface area contributed by atoms with Crippen molar-refractivity contribution in [3.8, 4) is 11.5 Å². The highest BCUT2D eigenvalue weighted by molar-refractivity contribution is 6.30. The van der Waals surface area contributed by atoms with Gasteiger partial charge < -0.3 is 9.47 Å². The number of likely N-dealkylation sites (N-methyl/N-ethyl adjacent to an activating group) is 1. The maximum Gasteiger partial charge on any atom is 0.315 e. The van der Waals surface area contributed by atoms with Crippen LogP contribution in [0.5, 0.6) is 11.5 Å². The predicted molar refractivity (Wildman–Crippen MR) is 153 cm³/mol. The van der Waals surface area contributed by atoms with Crippen molar-refractivity contribution in [1.82, 2.24) is 0 Å². The van der Waals surface area contributed by atoms with Gasteiger partial charge in [-0.2, -0.15) is 0 Å². The van der Waals surface area contributed by atoms with Gasteiger partial charge in [0.25, 0.3) is 0 Å². The van der Waals surface area contributed by atoms with Gasteiger partial charge in [0, 0.05) is 28.0 Å². The van der Waals surface area contributed by atoms with Crippen molar-refractivity contribution in [3.63, 3.8) is 0 Å². The summed E-state index contributed by atoms with van der Waals surface area (Å²) >= 11 is 6.40. The summed E-state index contributed by atoms with van der Waals surface area (Å²) in [4.78, 5) is 13.1. The quantitative estimate of drug-likeness (QED) is 0.175. The molecular weight excluding hydrogens is 482 g/mol. The number of hydrogen-bond donors (Lipinski definition) is 0. The minimum Gasteiger partial charge on any atom is -0.457 e. The highest BCUT2D eigenvalue weighted by Gasteiger charge is 2.48. The van der Waals surface area contributed by atoms with Crippen molar-refractivity contribution in [2.45, 2.75) is 91.4 Å². The first-order chi connectivity index (χ1) is 17.7. The Hall–Kier alpha value is -2.04. The fourth-order valence-corrected chi connectivity index (χ4v) is 5.95. The summed E-state index contributed by atoms with van der Waals surface area (Å²) in [6, 6.07) is 14.2. The van der Waals surface area contributed by atoms with Gasteiger partial charge in [-0.3, -0.25) is 9.28 Å². The lowest BCUT2D eigenvalue weighted by atomic mass is 9.84. The molecule has 4 nitrogen and oxygen atoms in total. The molecule has 0 amide bonds. The Bertz CT molecular complexity index is 1040. The number of quaternary nitrogens is 1. The van der Waals surface area contributed by atoms with Crippen molar-refractivity contribution in [1.29, 1.82) is 0 Å². The number of benzene rings is 2. The third kappa shape index (κ3) is 7.29. The van der Waals surface area contributed by atoms with Gasteiger partial charge in [0.1, 0.15) is 11.5 Å². The normalized spacial score (nSPS) is 21.9. The number of fused-ring (bicyclic) bond motifs is 5. The Morgan fingerprint density at radius 3 is 2.32 bits per heavy atom. The number of ether oxygens (including phenoxy) is 2. The summed E-state index contributed by atoms with van der Waals surface area (Å²) in [6.07, 6.45) is 8.26. The molecule has 2 aliphatic rings. The van der Waals surface area contributed by atoms with E-state index in [4.69, 9.17) is 21.1 Å². The number of para-hydroxylation sites is 1. The van der Waals surface area contributed by atoms with Crippen LogP contribution in [-0.4, -0.2) is 37.3 Å². The van der Waals surface area contributed by atoms with Crippen LogP contribution in [0.4, 0.5) is 0 Å². The van der Waals surface area contributed by atoms with Crippen LogP contribution in [0.2, 0.25) is 5.02 Å². The standard InChI is InChI=1S/C30H41ClNO3.C2H6/c1-5-6-7-8-9-12-17-30(2,3)29(33)34-21-32(4)19-25-23-13-10-11-14-27(23)35-28-16-15-22(31)18-24(28)26(25)20-32;1-2/h10-11,13-16,18,25-26H,5-9,12,17,19-21H2,1-4H3;1-2H3/q+1;. The molecule has 0 N–H and O–H groups in total. The third-order valence-electron chi connectivity index (χ3n) is 7.89. The molecular formula is C32H47ClNO3+. The molecule has 1 saturated heterocycles. The summed E-state index contributed by atoms with van der Waals surface area (Å²) in [5, 5.41) is 0.723. The maximum atomic E-state index is 13.1. The topological polar surface area (TPSA) is 35.5 Å². The first kappa shape index (κ1) is 29.5. The molecule has 0 aliphatic carbocycles. The number of rotatable bonds is 10. The lowest BCUT2D eigenvalue weighted by Gasteiger charge is -2.31. The molecule has 0 aromatic heterocycles. The van der Waals surface area contributed by atoms with Crippen LogP contribution >= 0.6 is 11.6 Å². The summed E-state index contributed by atoms with van der Waals surface area (Å²) in [6.45, 7) is 12.5. The van der Waals surface area contributed by atoms with Crippen molar-refractivity contribution in [2.24, 2.45) is 5.41 Å². The van der Waals surface area contributed by atoms with E-state index in [0.29, 0.717) is 11.2 Å². The number of carbonyl (C=O) groups excluding carboxylic acids is 1. The Kier molecular flexibility index (Phi) is 10.5. The van der Waals surface area contributed by atoms with Crippen LogP contribution in [0.1, 0.15) is 103 Å². The number of likely N-dealkylation sites (tertiary alicyclic amines) is 1. The van der Waals surface area contributed by atoms with E-state index in [1.807, 2.05) is 58.0 Å². The van der Waals surface area contributed by atoms with Gasteiger partial charge in [-0.05, 0) is 44.5 Å². The summed E-state index contributed by atoms with van der Waals surface area (Å²) in [5.74, 6) is 2.25. The molecule has 2 aromatic carbocycles. The third-order valence-corrected chi connectivity index (χ3v) is 8.12. The molecule has 204 valence electrons. The van der Waals surface area contributed by atoms with Crippen molar-refractivity contribution >= 4 is 17.6 Å². The highest BCUT2D eigenvalue weighted by Crippen LogP contribution is 2.51. The molecule has 0 spiro atoms. The lowest BCUT2D eigenvalue weighted by Crippen LogP contribution is -2.45. The molecule has 0 radical (unpaired) electrons. The summed E-state index contributed by atoms with van der Waals surface area (Å²) in [5.41, 5.74) is 1.92. The summed E-state index contributed by atoms with van der Waals surface area (Å²) in [7, 11) is 2.20. The first-order valence-electron chi connectivity index (χ1n) is 14.3. The van der Waals surface area contributed by atoms with Gasteiger partial charge >= 0.3 is 5.97 Å². The average Bonchev–Trinajstić information content (AvgIpc) is 3.19. The van der Waals surface area contributed by atoms with Crippen LogP contribution in [0.3, 0.4) is 0 Å². The molecule has 2 aliphatic heterocycles. The van der Waals surface area contributed by atoms with Gasteiger partial charge in [-0.15, -0.1) is 0 Å². The molecule has 3 atom stereocenters. The molecule has 2 aromatic rings. The van der Waals surface area contributed by atoms with E-state index in [1.165, 1.54) is 37.7 Å². The van der Waals surface area contributed by atoms with Crippen LogP contribution in [0.15, 0.2) is 42.5 Å². The number of nitrogens with zero attached hydrogens (tertiary/aromatic N) is 1. The molecule has 1 fully saturated rings. The Morgan fingerprint density at radius 1 is 0.973 bits per heavy atom. The minimum atomic E-state index is -0.450. The van der Waals surface area contributed by atoms with Crippen LogP contribution < -0.4 is 4.74 Å². The fraction of sp³-hybridized carbons (Fsp3) is 0.594. The van der Waals surface area contributed by atoms with Gasteiger partial charge in [0.05, 0.1) is 25.6 Å². The fourth-order valence-electron chi connectivity index (χ4n) is 5.77. The van der Waals surface area contributed by atoms with E-state index in [0.717, 1.165) is 48.0 Å². The molecule has 2 heterocycles. The van der Waals surface area contributed by atoms with Crippen molar-refractivity contribution in [3.05, 3.63) is 58.6 Å². The Balaban J connectivity index is 0.00000186. The second-order valence-corrected chi connectivity index (χ2v) is 11.9. The summed E-state index contributed by atoms with van der Waals surface area (Å²) < 4.78 is 13.0. The second kappa shape index (κ2) is 13.2. The molecule has 37 heavy (non-hydrogen) atoms. The monoisotopic (exact) mass is 528 g/mol. The Labute approximate surface area is 229 Å². The average molecular weight is 529 g/mol. The van der Waals surface area contributed by atoms with E-state index in [1.54, 1.807) is 0 Å². The zero-order chi connectivity index (χ0) is 27.1. The van der Waals surface area contributed by atoms with E-state index < -0.39 is 5.41 Å². The van der Waals surface area contributed by atoms with E-state index >= 15 is 0 Å². The van der Waals surface area contributed by atoms with E-state index in [9.17, 15) is 4.79 Å². The van der Waals surface area contributed by atoms with Gasteiger partial charge in [0.2, 0.25) is 6.73 Å². The molecule has 5 heteroatoms. The number of esters is 1. The number of halogens is 1. The van der Waals surface area contributed by atoms with Crippen molar-refractivity contribution in [2.75, 3.05) is 26.9 Å². The number of hydrogen-bond acceptors (Lipinski definition) is 3. The zero-order valence-electron chi connectivity index (χ0n) is 23.8.